The Morgan fingerprint density at radius 3 is 2.50 bits per heavy atom. The van der Waals surface area contributed by atoms with Crippen molar-refractivity contribution in [2.45, 2.75) is 13.5 Å². The largest absolute Gasteiger partial charge is 0.455 e. The highest BCUT2D eigenvalue weighted by Gasteiger charge is 2.19. The Hall–Kier alpha value is -2.80. The molecule has 0 saturated heterocycles. The summed E-state index contributed by atoms with van der Waals surface area (Å²) >= 11 is 5.73. The molecule has 8 heteroatoms. The maximum absolute atomic E-state index is 13.3. The van der Waals surface area contributed by atoms with Crippen LogP contribution in [0, 0.1) is 24.4 Å². The summed E-state index contributed by atoms with van der Waals surface area (Å²) in [5, 5.41) is 3.56. The van der Waals surface area contributed by atoms with E-state index in [0.29, 0.717) is 34.7 Å². The van der Waals surface area contributed by atoms with Crippen molar-refractivity contribution in [1.29, 1.82) is 0 Å². The average molecular weight is 382 g/mol. The minimum Gasteiger partial charge on any atom is -0.455 e. The molecule has 0 fully saturated rings. The van der Waals surface area contributed by atoms with Crippen LogP contribution in [0.25, 0.3) is 11.3 Å². The lowest BCUT2D eigenvalue weighted by Gasteiger charge is -2.06. The van der Waals surface area contributed by atoms with Gasteiger partial charge in [-0.3, -0.25) is 0 Å². The van der Waals surface area contributed by atoms with Gasteiger partial charge in [-0.15, -0.1) is 0 Å². The molecule has 1 aromatic heterocycles. The molecule has 1 heterocycles. The van der Waals surface area contributed by atoms with Gasteiger partial charge in [0.1, 0.15) is 18.1 Å². The lowest BCUT2D eigenvalue weighted by Crippen LogP contribution is -2.08. The van der Waals surface area contributed by atoms with Crippen LogP contribution >= 0.6 is 11.6 Å². The van der Waals surface area contributed by atoms with Crippen molar-refractivity contribution >= 4 is 17.6 Å². The molecule has 0 spiro atoms. The molecule has 0 aliphatic carbocycles. The number of hydrogen-bond acceptors (Lipinski definition) is 4. The molecule has 2 aromatic carbocycles. The summed E-state index contributed by atoms with van der Waals surface area (Å²) in [5.74, 6) is -3.29. The number of rotatable bonds is 4. The van der Waals surface area contributed by atoms with Crippen LogP contribution in [-0.2, 0) is 11.3 Å². The van der Waals surface area contributed by atoms with Crippen LogP contribution in [0.1, 0.15) is 21.6 Å². The normalized spacial score (nSPS) is 10.8. The summed E-state index contributed by atoms with van der Waals surface area (Å²) in [4.78, 5) is 12.0. The van der Waals surface area contributed by atoms with Crippen LogP contribution in [-0.4, -0.2) is 11.1 Å². The van der Waals surface area contributed by atoms with E-state index < -0.39 is 17.6 Å². The standard InChI is InChI=1S/C18H11ClF3NO3/c1-9-16(23-26-17(9)10-2-4-11(20)5-3-10)8-25-18(24)12-6-14(21)15(22)7-13(12)19/h2-7H,8H2,1H3. The highest BCUT2D eigenvalue weighted by Crippen LogP contribution is 2.27. The molecule has 26 heavy (non-hydrogen) atoms. The van der Waals surface area contributed by atoms with Crippen molar-refractivity contribution in [1.82, 2.24) is 5.16 Å². The van der Waals surface area contributed by atoms with Crippen molar-refractivity contribution in [2.75, 3.05) is 0 Å². The second-order valence-corrected chi connectivity index (χ2v) is 5.82. The molecule has 0 N–H and O–H groups in total. The zero-order valence-corrected chi connectivity index (χ0v) is 14.1. The smallest absolute Gasteiger partial charge is 0.340 e. The molecule has 0 atom stereocenters. The molecule has 3 aromatic rings. The number of halogens is 4. The Bertz CT molecular complexity index is 971. The molecule has 0 bridgehead atoms. The van der Waals surface area contributed by atoms with Crippen LogP contribution in [0.2, 0.25) is 5.02 Å². The Labute approximate surface area is 151 Å². The minimum absolute atomic E-state index is 0.259. The summed E-state index contributed by atoms with van der Waals surface area (Å²) in [6.45, 7) is 1.44. The van der Waals surface area contributed by atoms with Crippen LogP contribution in [0.5, 0.6) is 0 Å². The van der Waals surface area contributed by atoms with E-state index in [9.17, 15) is 18.0 Å². The van der Waals surface area contributed by atoms with Gasteiger partial charge < -0.3 is 9.26 Å². The second kappa shape index (κ2) is 7.21. The van der Waals surface area contributed by atoms with Gasteiger partial charge in [0, 0.05) is 11.1 Å². The number of hydrogen-bond donors (Lipinski definition) is 0. The number of aromatic nitrogens is 1. The van der Waals surface area contributed by atoms with Gasteiger partial charge in [-0.25, -0.2) is 18.0 Å². The predicted molar refractivity (Wildman–Crippen MR) is 87.1 cm³/mol. The zero-order valence-electron chi connectivity index (χ0n) is 13.4. The van der Waals surface area contributed by atoms with E-state index in [1.54, 1.807) is 6.92 Å². The summed E-state index contributed by atoms with van der Waals surface area (Å²) < 4.78 is 49.6. The maximum Gasteiger partial charge on any atom is 0.340 e. The van der Waals surface area contributed by atoms with Crippen LogP contribution < -0.4 is 0 Å². The lowest BCUT2D eigenvalue weighted by atomic mass is 10.1. The fourth-order valence-corrected chi connectivity index (χ4v) is 2.49. The Morgan fingerprint density at radius 2 is 1.81 bits per heavy atom. The molecule has 134 valence electrons. The van der Waals surface area contributed by atoms with Crippen molar-refractivity contribution in [3.63, 3.8) is 0 Å². The summed E-state index contributed by atoms with van der Waals surface area (Å²) in [6, 6.07) is 6.98. The van der Waals surface area contributed by atoms with Gasteiger partial charge in [0.05, 0.1) is 10.6 Å². The van der Waals surface area contributed by atoms with Gasteiger partial charge in [-0.1, -0.05) is 16.8 Å². The third-order valence-electron chi connectivity index (χ3n) is 3.70. The van der Waals surface area contributed by atoms with E-state index >= 15 is 0 Å². The molecule has 0 amide bonds. The minimum atomic E-state index is -1.21. The van der Waals surface area contributed by atoms with E-state index in [-0.39, 0.29) is 23.0 Å². The van der Waals surface area contributed by atoms with Crippen molar-refractivity contribution in [3.8, 4) is 11.3 Å². The molecule has 0 aliphatic heterocycles. The highest BCUT2D eigenvalue weighted by atomic mass is 35.5. The predicted octanol–water partition coefficient (Wildman–Crippen LogP) is 5.08. The van der Waals surface area contributed by atoms with E-state index in [0.717, 1.165) is 0 Å². The van der Waals surface area contributed by atoms with E-state index in [1.165, 1.54) is 24.3 Å². The third kappa shape index (κ3) is 3.57. The fraction of sp³-hybridized carbons (Fsp3) is 0.111. The van der Waals surface area contributed by atoms with Crippen molar-refractivity contribution in [2.24, 2.45) is 0 Å². The number of carbonyl (C=O) groups is 1. The SMILES string of the molecule is Cc1c(COC(=O)c2cc(F)c(F)cc2Cl)noc1-c1ccc(F)cc1. The molecule has 0 aliphatic rings. The molecule has 0 unspecified atom stereocenters. The topological polar surface area (TPSA) is 52.3 Å². The Balaban J connectivity index is 1.75. The fourth-order valence-electron chi connectivity index (χ4n) is 2.26. The average Bonchev–Trinajstić information content (AvgIpc) is 2.97. The number of carbonyl (C=O) groups excluding carboxylic acids is 1. The van der Waals surface area contributed by atoms with Gasteiger partial charge in [0.2, 0.25) is 0 Å². The maximum atomic E-state index is 13.3. The second-order valence-electron chi connectivity index (χ2n) is 5.41. The Kier molecular flexibility index (Phi) is 4.99. The van der Waals surface area contributed by atoms with Gasteiger partial charge in [0.25, 0.3) is 0 Å². The number of ether oxygens (including phenoxy) is 1. The van der Waals surface area contributed by atoms with Gasteiger partial charge in [-0.2, -0.15) is 0 Å². The lowest BCUT2D eigenvalue weighted by molar-refractivity contribution is 0.0463. The van der Waals surface area contributed by atoms with E-state index in [2.05, 4.69) is 5.16 Å². The number of benzene rings is 2. The van der Waals surface area contributed by atoms with Crippen molar-refractivity contribution in [3.05, 3.63) is 75.7 Å². The number of esters is 1. The Morgan fingerprint density at radius 1 is 1.15 bits per heavy atom. The molecular weight excluding hydrogens is 371 g/mol. The third-order valence-corrected chi connectivity index (χ3v) is 4.01. The van der Waals surface area contributed by atoms with Gasteiger partial charge in [0.15, 0.2) is 17.4 Å². The van der Waals surface area contributed by atoms with E-state index in [4.69, 9.17) is 20.9 Å². The molecule has 3 rings (SSSR count). The number of nitrogens with zero attached hydrogens (tertiary/aromatic N) is 1. The first-order valence-electron chi connectivity index (χ1n) is 7.39. The first kappa shape index (κ1) is 18.0. The zero-order chi connectivity index (χ0) is 18.8. The summed E-state index contributed by atoms with van der Waals surface area (Å²) in [7, 11) is 0. The first-order valence-corrected chi connectivity index (χ1v) is 7.77. The van der Waals surface area contributed by atoms with Gasteiger partial charge in [-0.05, 0) is 43.3 Å². The monoisotopic (exact) mass is 381 g/mol. The highest BCUT2D eigenvalue weighted by molar-refractivity contribution is 6.33. The molecule has 4 nitrogen and oxygen atoms in total. The first-order chi connectivity index (χ1) is 12.4. The summed E-state index contributed by atoms with van der Waals surface area (Å²) in [6.07, 6.45) is 0. The quantitative estimate of drug-likeness (QED) is 0.467. The van der Waals surface area contributed by atoms with Gasteiger partial charge >= 0.3 is 5.97 Å². The van der Waals surface area contributed by atoms with Crippen LogP contribution in [0.15, 0.2) is 40.9 Å². The van der Waals surface area contributed by atoms with Crippen LogP contribution in [0.3, 0.4) is 0 Å². The molecular formula is C18H11ClF3NO3. The van der Waals surface area contributed by atoms with E-state index in [1.807, 2.05) is 0 Å². The van der Waals surface area contributed by atoms with Crippen molar-refractivity contribution < 1.29 is 27.2 Å². The van der Waals surface area contributed by atoms with Crippen LogP contribution in [0.4, 0.5) is 13.2 Å². The molecule has 0 radical (unpaired) electrons. The summed E-state index contributed by atoms with van der Waals surface area (Å²) in [5.41, 5.74) is 1.24. The molecule has 0 saturated carbocycles.